The van der Waals surface area contributed by atoms with Crippen molar-refractivity contribution >= 4 is 12.2 Å². The van der Waals surface area contributed by atoms with Crippen LogP contribution < -0.4 is 10.5 Å². The number of carbonyl (C=O) groups is 1. The largest absolute Gasteiger partial charge is 0.480 e. The number of methoxy groups -OCH3 is 1. The molecule has 0 aliphatic heterocycles. The minimum absolute atomic E-state index is 0.0902. The highest BCUT2D eigenvalue weighted by atomic mass is 16.5. The Labute approximate surface area is 63.2 Å². The van der Waals surface area contributed by atoms with Crippen LogP contribution in [0, 0.1) is 0 Å². The van der Waals surface area contributed by atoms with Crippen molar-refractivity contribution in [1.29, 1.82) is 0 Å². The van der Waals surface area contributed by atoms with Crippen LogP contribution in [-0.4, -0.2) is 23.4 Å². The van der Waals surface area contributed by atoms with E-state index in [1.165, 1.54) is 13.3 Å². The van der Waals surface area contributed by atoms with Gasteiger partial charge < -0.3 is 10.5 Å². The van der Waals surface area contributed by atoms with Gasteiger partial charge >= 0.3 is 0 Å². The molecule has 1 heterocycles. The van der Waals surface area contributed by atoms with E-state index in [1.807, 2.05) is 0 Å². The fraction of sp³-hybridized carbons (Fsp3) is 0.167. The number of nitrogen functional groups attached to an aromatic ring is 1. The number of ether oxygens (including phenoxy) is 1. The Kier molecular flexibility index (Phi) is 2.00. The topological polar surface area (TPSA) is 78.1 Å². The minimum atomic E-state index is 0.0902. The molecule has 0 bridgehead atoms. The molecule has 0 aromatic carbocycles. The maximum absolute atomic E-state index is 10.3. The van der Waals surface area contributed by atoms with Crippen LogP contribution in [0.1, 0.15) is 10.4 Å². The van der Waals surface area contributed by atoms with Gasteiger partial charge in [0.2, 0.25) is 11.8 Å². The predicted molar refractivity (Wildman–Crippen MR) is 38.4 cm³/mol. The third-order valence-corrected chi connectivity index (χ3v) is 1.12. The molecule has 0 saturated carbocycles. The van der Waals surface area contributed by atoms with Crippen molar-refractivity contribution in [2.24, 2.45) is 0 Å². The first-order chi connectivity index (χ1) is 5.27. The Balaban J connectivity index is 3.16. The number of anilines is 1. The van der Waals surface area contributed by atoms with Gasteiger partial charge in [0.25, 0.3) is 0 Å². The summed E-state index contributed by atoms with van der Waals surface area (Å²) < 4.78 is 4.75. The molecule has 0 fully saturated rings. The number of nitrogens with two attached hydrogens (primary N) is 1. The summed E-state index contributed by atoms with van der Waals surface area (Å²) in [5, 5.41) is 0. The molecule has 11 heavy (non-hydrogen) atoms. The average Bonchev–Trinajstić information content (AvgIpc) is 2.04. The molecule has 0 aliphatic rings. The van der Waals surface area contributed by atoms with Crippen molar-refractivity contribution in [3.63, 3.8) is 0 Å². The van der Waals surface area contributed by atoms with Crippen molar-refractivity contribution < 1.29 is 9.53 Å². The minimum Gasteiger partial charge on any atom is -0.480 e. The summed E-state index contributed by atoms with van der Waals surface area (Å²) in [5.74, 6) is 0.292. The van der Waals surface area contributed by atoms with Crippen LogP contribution in [0.2, 0.25) is 0 Å². The van der Waals surface area contributed by atoms with E-state index < -0.39 is 0 Å². The Morgan fingerprint density at radius 2 is 2.45 bits per heavy atom. The zero-order valence-corrected chi connectivity index (χ0v) is 5.94. The number of carbonyl (C=O) groups excluding carboxylic acids is 1. The van der Waals surface area contributed by atoms with Gasteiger partial charge in [-0.05, 0) is 0 Å². The van der Waals surface area contributed by atoms with E-state index in [9.17, 15) is 4.79 Å². The van der Waals surface area contributed by atoms with Crippen molar-refractivity contribution in [1.82, 2.24) is 9.97 Å². The van der Waals surface area contributed by atoms with Gasteiger partial charge in [0.05, 0.1) is 12.7 Å². The lowest BCUT2D eigenvalue weighted by Crippen LogP contribution is -2.00. The second-order valence-corrected chi connectivity index (χ2v) is 1.81. The van der Waals surface area contributed by atoms with Crippen molar-refractivity contribution in [3.8, 4) is 5.88 Å². The molecule has 0 unspecified atom stereocenters. The highest BCUT2D eigenvalue weighted by Gasteiger charge is 2.03. The first-order valence-corrected chi connectivity index (χ1v) is 2.89. The summed E-state index contributed by atoms with van der Waals surface area (Å²) in [4.78, 5) is 17.6. The summed E-state index contributed by atoms with van der Waals surface area (Å²) in [5.41, 5.74) is 5.53. The quantitative estimate of drug-likeness (QED) is 0.599. The number of hydrogen-bond acceptors (Lipinski definition) is 5. The van der Waals surface area contributed by atoms with Gasteiger partial charge in [-0.2, -0.15) is 4.98 Å². The van der Waals surface area contributed by atoms with Crippen LogP contribution >= 0.6 is 0 Å². The number of nitrogens with zero attached hydrogens (tertiary/aromatic N) is 2. The third kappa shape index (κ3) is 1.43. The SMILES string of the molecule is COc1nc(N)ncc1C=O. The second kappa shape index (κ2) is 2.96. The Morgan fingerprint density at radius 3 is 3.00 bits per heavy atom. The van der Waals surface area contributed by atoms with Crippen LogP contribution in [0.4, 0.5) is 5.95 Å². The highest BCUT2D eigenvalue weighted by molar-refractivity contribution is 5.77. The van der Waals surface area contributed by atoms with E-state index >= 15 is 0 Å². The van der Waals surface area contributed by atoms with Gasteiger partial charge in [0, 0.05) is 6.20 Å². The number of aromatic nitrogens is 2. The van der Waals surface area contributed by atoms with Gasteiger partial charge in [-0.1, -0.05) is 0 Å². The van der Waals surface area contributed by atoms with Crippen molar-refractivity contribution in [2.45, 2.75) is 0 Å². The standard InChI is InChI=1S/C6H7N3O2/c1-11-5-4(3-10)2-8-6(7)9-5/h2-3H,1H3,(H2,7,8,9). The first-order valence-electron chi connectivity index (χ1n) is 2.89. The van der Waals surface area contributed by atoms with Crippen LogP contribution in [0.25, 0.3) is 0 Å². The van der Waals surface area contributed by atoms with Gasteiger partial charge in [0.15, 0.2) is 6.29 Å². The van der Waals surface area contributed by atoms with E-state index in [1.54, 1.807) is 0 Å². The zero-order valence-electron chi connectivity index (χ0n) is 5.94. The molecule has 58 valence electrons. The number of aldehydes is 1. The normalized spacial score (nSPS) is 9.18. The molecule has 0 amide bonds. The molecule has 0 atom stereocenters. The zero-order chi connectivity index (χ0) is 8.27. The monoisotopic (exact) mass is 153 g/mol. The smallest absolute Gasteiger partial charge is 0.228 e. The molecule has 0 saturated heterocycles. The average molecular weight is 153 g/mol. The lowest BCUT2D eigenvalue weighted by molar-refractivity contribution is 0.111. The summed E-state index contributed by atoms with van der Waals surface area (Å²) in [6, 6.07) is 0. The maximum atomic E-state index is 10.3. The fourth-order valence-electron chi connectivity index (χ4n) is 0.633. The molecular weight excluding hydrogens is 146 g/mol. The second-order valence-electron chi connectivity index (χ2n) is 1.81. The Bertz CT molecular complexity index is 275. The third-order valence-electron chi connectivity index (χ3n) is 1.12. The molecule has 5 heteroatoms. The predicted octanol–water partition coefficient (Wildman–Crippen LogP) is -0.120. The molecule has 0 radical (unpaired) electrons. The lowest BCUT2D eigenvalue weighted by Gasteiger charge is -2.00. The van der Waals surface area contributed by atoms with E-state index in [0.717, 1.165) is 0 Å². The van der Waals surface area contributed by atoms with Crippen LogP contribution in [0.15, 0.2) is 6.20 Å². The molecule has 5 nitrogen and oxygen atoms in total. The Morgan fingerprint density at radius 1 is 1.73 bits per heavy atom. The van der Waals surface area contributed by atoms with Crippen LogP contribution in [-0.2, 0) is 0 Å². The Hall–Kier alpha value is -1.65. The molecular formula is C6H7N3O2. The van der Waals surface area contributed by atoms with E-state index in [4.69, 9.17) is 10.5 Å². The highest BCUT2D eigenvalue weighted by Crippen LogP contribution is 2.11. The summed E-state index contributed by atoms with van der Waals surface area (Å²) in [6.45, 7) is 0. The molecule has 1 aromatic heterocycles. The fourth-order valence-corrected chi connectivity index (χ4v) is 0.633. The molecule has 1 rings (SSSR count). The summed E-state index contributed by atoms with van der Waals surface area (Å²) in [7, 11) is 1.41. The van der Waals surface area contributed by atoms with Crippen molar-refractivity contribution in [2.75, 3.05) is 12.8 Å². The summed E-state index contributed by atoms with van der Waals surface area (Å²) in [6.07, 6.45) is 1.92. The van der Waals surface area contributed by atoms with Crippen LogP contribution in [0.3, 0.4) is 0 Å². The molecule has 0 aliphatic carbocycles. The van der Waals surface area contributed by atoms with Gasteiger partial charge in [-0.3, -0.25) is 4.79 Å². The van der Waals surface area contributed by atoms with E-state index in [0.29, 0.717) is 11.8 Å². The molecule has 2 N–H and O–H groups in total. The molecule has 0 spiro atoms. The van der Waals surface area contributed by atoms with Crippen molar-refractivity contribution in [3.05, 3.63) is 11.8 Å². The molecule has 1 aromatic rings. The van der Waals surface area contributed by atoms with E-state index in [-0.39, 0.29) is 11.8 Å². The van der Waals surface area contributed by atoms with Gasteiger partial charge in [0.1, 0.15) is 0 Å². The van der Waals surface area contributed by atoms with Gasteiger partial charge in [-0.25, -0.2) is 4.98 Å². The van der Waals surface area contributed by atoms with Gasteiger partial charge in [-0.15, -0.1) is 0 Å². The van der Waals surface area contributed by atoms with Crippen LogP contribution in [0.5, 0.6) is 5.88 Å². The first kappa shape index (κ1) is 7.46. The summed E-state index contributed by atoms with van der Waals surface area (Å²) >= 11 is 0. The number of rotatable bonds is 2. The maximum Gasteiger partial charge on any atom is 0.228 e. The lowest BCUT2D eigenvalue weighted by atomic mass is 10.4. The van der Waals surface area contributed by atoms with E-state index in [2.05, 4.69) is 9.97 Å². The number of hydrogen-bond donors (Lipinski definition) is 1.